The molecule has 0 amide bonds. The van der Waals surface area contributed by atoms with E-state index in [1.807, 2.05) is 35.0 Å². The first kappa shape index (κ1) is 14.6. The molecule has 22 heavy (non-hydrogen) atoms. The van der Waals surface area contributed by atoms with Gasteiger partial charge < -0.3 is 0 Å². The summed E-state index contributed by atoms with van der Waals surface area (Å²) in [5.74, 6) is 1.56. The molecule has 3 aromatic rings. The summed E-state index contributed by atoms with van der Waals surface area (Å²) in [5.41, 5.74) is 2.03. The predicted molar refractivity (Wildman–Crippen MR) is 97.8 cm³/mol. The summed E-state index contributed by atoms with van der Waals surface area (Å²) in [7, 11) is 0. The SMILES string of the molecule is Brc1ccc(C2=Nn3c(nnc3-c3ccccc3Br)SC2)s1. The minimum absolute atomic E-state index is 0.753. The number of benzene rings is 1. The fourth-order valence-electron chi connectivity index (χ4n) is 2.13. The monoisotopic (exact) mass is 454 g/mol. The maximum absolute atomic E-state index is 4.76. The molecular weight excluding hydrogens is 448 g/mol. The maximum atomic E-state index is 4.76. The van der Waals surface area contributed by atoms with Crippen molar-refractivity contribution in [1.82, 2.24) is 14.9 Å². The standard InChI is InChI=1S/C14H8Br2N4S2/c15-9-4-2-1-3-8(9)13-17-18-14-20(13)19-10(7-21-14)11-5-6-12(16)22-11/h1-6H,7H2. The van der Waals surface area contributed by atoms with Crippen molar-refractivity contribution in [3.8, 4) is 11.4 Å². The number of nitrogens with zero attached hydrogens (tertiary/aromatic N) is 4. The van der Waals surface area contributed by atoms with Crippen LogP contribution < -0.4 is 0 Å². The second kappa shape index (κ2) is 5.92. The Morgan fingerprint density at radius 2 is 1.91 bits per heavy atom. The van der Waals surface area contributed by atoms with E-state index in [0.29, 0.717) is 0 Å². The highest BCUT2D eigenvalue weighted by Crippen LogP contribution is 2.33. The molecule has 0 fully saturated rings. The lowest BCUT2D eigenvalue weighted by Gasteiger charge is -2.13. The molecule has 4 nitrogen and oxygen atoms in total. The van der Waals surface area contributed by atoms with Crippen molar-refractivity contribution in [2.75, 3.05) is 5.75 Å². The number of thioether (sulfide) groups is 1. The zero-order chi connectivity index (χ0) is 15.1. The van der Waals surface area contributed by atoms with Gasteiger partial charge in [0.2, 0.25) is 5.16 Å². The zero-order valence-electron chi connectivity index (χ0n) is 11.0. The van der Waals surface area contributed by atoms with Gasteiger partial charge in [-0.2, -0.15) is 9.78 Å². The summed E-state index contributed by atoms with van der Waals surface area (Å²) in [6.07, 6.45) is 0. The quantitative estimate of drug-likeness (QED) is 0.552. The first-order valence-electron chi connectivity index (χ1n) is 6.39. The Kier molecular flexibility index (Phi) is 3.93. The third-order valence-electron chi connectivity index (χ3n) is 3.14. The minimum Gasteiger partial charge on any atom is -0.186 e. The average molecular weight is 456 g/mol. The third kappa shape index (κ3) is 2.58. The van der Waals surface area contributed by atoms with E-state index >= 15 is 0 Å². The molecule has 4 rings (SSSR count). The van der Waals surface area contributed by atoms with E-state index in [4.69, 9.17) is 5.10 Å². The number of hydrogen-bond donors (Lipinski definition) is 0. The Hall–Kier alpha value is -0.960. The van der Waals surface area contributed by atoms with Crippen LogP contribution in [0.25, 0.3) is 11.4 Å². The summed E-state index contributed by atoms with van der Waals surface area (Å²) >= 11 is 10.4. The van der Waals surface area contributed by atoms with Gasteiger partial charge in [-0.25, -0.2) is 0 Å². The Morgan fingerprint density at radius 1 is 1.05 bits per heavy atom. The smallest absolute Gasteiger partial charge is 0.186 e. The van der Waals surface area contributed by atoms with Crippen molar-refractivity contribution in [1.29, 1.82) is 0 Å². The summed E-state index contributed by atoms with van der Waals surface area (Å²) in [4.78, 5) is 1.16. The van der Waals surface area contributed by atoms with Crippen LogP contribution in [0.15, 0.2) is 54.9 Å². The van der Waals surface area contributed by atoms with Gasteiger partial charge in [0.05, 0.1) is 14.4 Å². The number of aromatic nitrogens is 3. The van der Waals surface area contributed by atoms with Gasteiger partial charge in [-0.05, 0) is 40.2 Å². The Morgan fingerprint density at radius 3 is 2.68 bits per heavy atom. The van der Waals surface area contributed by atoms with Crippen LogP contribution in [0.4, 0.5) is 0 Å². The van der Waals surface area contributed by atoms with Crippen LogP contribution in [0, 0.1) is 0 Å². The van der Waals surface area contributed by atoms with E-state index in [2.05, 4.69) is 48.1 Å². The van der Waals surface area contributed by atoms with Crippen LogP contribution in [0.2, 0.25) is 0 Å². The average Bonchev–Trinajstić information content (AvgIpc) is 3.13. The predicted octanol–water partition coefficient (Wildman–Crippen LogP) is 4.89. The van der Waals surface area contributed by atoms with Crippen molar-refractivity contribution in [3.05, 3.63) is 49.5 Å². The summed E-state index contributed by atoms with van der Waals surface area (Å²) in [5, 5.41) is 14.1. The van der Waals surface area contributed by atoms with E-state index in [1.54, 1.807) is 23.1 Å². The summed E-state index contributed by atoms with van der Waals surface area (Å²) < 4.78 is 3.92. The lowest BCUT2D eigenvalue weighted by atomic mass is 10.2. The first-order valence-corrected chi connectivity index (χ1v) is 9.78. The van der Waals surface area contributed by atoms with E-state index in [9.17, 15) is 0 Å². The van der Waals surface area contributed by atoms with E-state index in [0.717, 1.165) is 41.1 Å². The topological polar surface area (TPSA) is 43.1 Å². The van der Waals surface area contributed by atoms with E-state index < -0.39 is 0 Å². The highest BCUT2D eigenvalue weighted by atomic mass is 79.9. The molecule has 3 heterocycles. The molecule has 0 aliphatic carbocycles. The van der Waals surface area contributed by atoms with Crippen molar-refractivity contribution >= 4 is 60.7 Å². The summed E-state index contributed by atoms with van der Waals surface area (Å²) in [6, 6.07) is 12.1. The number of halogens is 2. The van der Waals surface area contributed by atoms with Gasteiger partial charge in [0, 0.05) is 15.8 Å². The first-order chi connectivity index (χ1) is 10.7. The van der Waals surface area contributed by atoms with Gasteiger partial charge in [0.15, 0.2) is 5.82 Å². The fraction of sp³-hybridized carbons (Fsp3) is 0.0714. The molecule has 0 spiro atoms. The summed E-state index contributed by atoms with van der Waals surface area (Å²) in [6.45, 7) is 0. The molecule has 2 aromatic heterocycles. The Bertz CT molecular complexity index is 885. The zero-order valence-corrected chi connectivity index (χ0v) is 15.8. The fourth-order valence-corrected chi connectivity index (χ4v) is 4.88. The molecule has 110 valence electrons. The molecule has 0 radical (unpaired) electrons. The molecule has 0 N–H and O–H groups in total. The van der Waals surface area contributed by atoms with Crippen LogP contribution >= 0.6 is 55.0 Å². The van der Waals surface area contributed by atoms with Crippen LogP contribution in [0.3, 0.4) is 0 Å². The van der Waals surface area contributed by atoms with Gasteiger partial charge in [-0.15, -0.1) is 21.5 Å². The molecule has 1 aliphatic heterocycles. The van der Waals surface area contributed by atoms with Crippen molar-refractivity contribution < 1.29 is 0 Å². The molecule has 1 aliphatic rings. The molecule has 0 saturated heterocycles. The van der Waals surface area contributed by atoms with Gasteiger partial charge in [0.25, 0.3) is 0 Å². The molecule has 0 unspecified atom stereocenters. The second-order valence-electron chi connectivity index (χ2n) is 4.54. The Labute approximate surface area is 151 Å². The van der Waals surface area contributed by atoms with Gasteiger partial charge in [0.1, 0.15) is 0 Å². The molecule has 1 aromatic carbocycles. The van der Waals surface area contributed by atoms with E-state index in [1.165, 1.54) is 0 Å². The minimum atomic E-state index is 0.753. The highest BCUT2D eigenvalue weighted by Gasteiger charge is 2.22. The number of rotatable bonds is 2. The molecular formula is C14H8Br2N4S2. The lowest BCUT2D eigenvalue weighted by Crippen LogP contribution is -2.12. The van der Waals surface area contributed by atoms with Gasteiger partial charge >= 0.3 is 0 Å². The number of hydrogen-bond acceptors (Lipinski definition) is 5. The maximum Gasteiger partial charge on any atom is 0.212 e. The lowest BCUT2D eigenvalue weighted by molar-refractivity contribution is 0.762. The normalized spacial score (nSPS) is 13.8. The molecule has 0 saturated carbocycles. The largest absolute Gasteiger partial charge is 0.212 e. The molecule has 8 heteroatoms. The second-order valence-corrected chi connectivity index (χ2v) is 8.80. The van der Waals surface area contributed by atoms with Crippen LogP contribution in [-0.4, -0.2) is 26.3 Å². The van der Waals surface area contributed by atoms with Crippen LogP contribution in [0.1, 0.15) is 4.88 Å². The molecule has 0 bridgehead atoms. The van der Waals surface area contributed by atoms with Crippen molar-refractivity contribution in [2.45, 2.75) is 5.16 Å². The Balaban J connectivity index is 1.83. The van der Waals surface area contributed by atoms with E-state index in [-0.39, 0.29) is 0 Å². The highest BCUT2D eigenvalue weighted by molar-refractivity contribution is 9.11. The van der Waals surface area contributed by atoms with Gasteiger partial charge in [-0.1, -0.05) is 39.8 Å². The van der Waals surface area contributed by atoms with Crippen molar-refractivity contribution in [3.63, 3.8) is 0 Å². The number of thiophene rings is 1. The third-order valence-corrected chi connectivity index (χ3v) is 6.44. The molecule has 0 atom stereocenters. The number of fused-ring (bicyclic) bond motifs is 1. The van der Waals surface area contributed by atoms with Crippen LogP contribution in [-0.2, 0) is 0 Å². The van der Waals surface area contributed by atoms with Gasteiger partial charge in [-0.3, -0.25) is 0 Å². The van der Waals surface area contributed by atoms with Crippen LogP contribution in [0.5, 0.6) is 0 Å². The van der Waals surface area contributed by atoms with Crippen molar-refractivity contribution in [2.24, 2.45) is 5.10 Å².